The second kappa shape index (κ2) is 12.1. The summed E-state index contributed by atoms with van der Waals surface area (Å²) < 4.78 is 38.4. The molecule has 0 aliphatic heterocycles. The molecule has 0 fully saturated rings. The summed E-state index contributed by atoms with van der Waals surface area (Å²) in [5, 5.41) is 2.82. The van der Waals surface area contributed by atoms with E-state index in [0.29, 0.717) is 35.9 Å². The summed E-state index contributed by atoms with van der Waals surface area (Å²) in [6.07, 6.45) is 1.16. The van der Waals surface area contributed by atoms with E-state index < -0.39 is 10.0 Å². The molecule has 0 saturated carbocycles. The summed E-state index contributed by atoms with van der Waals surface area (Å²) in [7, 11) is -3.64. The van der Waals surface area contributed by atoms with Gasteiger partial charge in [-0.1, -0.05) is 60.7 Å². The van der Waals surface area contributed by atoms with Gasteiger partial charge in [0.1, 0.15) is 18.1 Å². The van der Waals surface area contributed by atoms with Crippen LogP contribution in [-0.4, -0.2) is 33.7 Å². The Morgan fingerprint density at radius 1 is 0.784 bits per heavy atom. The fraction of sp³-hybridized carbons (Fsp3) is 0.138. The van der Waals surface area contributed by atoms with E-state index in [9.17, 15) is 13.2 Å². The smallest absolute Gasteiger partial charge is 0.251 e. The van der Waals surface area contributed by atoms with E-state index in [1.807, 2.05) is 48.5 Å². The molecule has 0 heterocycles. The fourth-order valence-electron chi connectivity index (χ4n) is 3.63. The minimum atomic E-state index is -3.64. The predicted octanol–water partition coefficient (Wildman–Crippen LogP) is 5.25. The molecule has 37 heavy (non-hydrogen) atoms. The van der Waals surface area contributed by atoms with Crippen molar-refractivity contribution in [3.05, 3.63) is 120 Å². The zero-order chi connectivity index (χ0) is 26.1. The highest BCUT2D eigenvalue weighted by atomic mass is 32.2. The van der Waals surface area contributed by atoms with Gasteiger partial charge in [-0.3, -0.25) is 9.10 Å². The summed E-state index contributed by atoms with van der Waals surface area (Å²) in [5.74, 6) is 1.54. The molecule has 0 atom stereocenters. The summed E-state index contributed by atoms with van der Waals surface area (Å²) >= 11 is 0. The molecule has 0 unspecified atom stereocenters. The lowest BCUT2D eigenvalue weighted by Gasteiger charge is -2.25. The first-order valence-corrected chi connectivity index (χ1v) is 13.6. The molecule has 0 bridgehead atoms. The topological polar surface area (TPSA) is 84.9 Å². The molecule has 190 valence electrons. The van der Waals surface area contributed by atoms with Crippen LogP contribution in [-0.2, 0) is 16.6 Å². The molecule has 4 rings (SSSR count). The van der Waals surface area contributed by atoms with Gasteiger partial charge in [0.2, 0.25) is 10.0 Å². The van der Waals surface area contributed by atoms with E-state index in [0.717, 1.165) is 17.6 Å². The third-order valence-electron chi connectivity index (χ3n) is 5.45. The minimum Gasteiger partial charge on any atom is -0.492 e. The number of rotatable bonds is 11. The van der Waals surface area contributed by atoms with E-state index >= 15 is 0 Å². The third kappa shape index (κ3) is 7.35. The number of nitrogens with zero attached hydrogens (tertiary/aromatic N) is 1. The Bertz CT molecular complexity index is 1410. The van der Waals surface area contributed by atoms with Crippen LogP contribution in [0, 0.1) is 0 Å². The van der Waals surface area contributed by atoms with E-state index in [1.54, 1.807) is 60.7 Å². The van der Waals surface area contributed by atoms with Gasteiger partial charge in [-0.2, -0.15) is 0 Å². The lowest BCUT2D eigenvalue weighted by molar-refractivity contribution is 0.0947. The maximum Gasteiger partial charge on any atom is 0.251 e. The van der Waals surface area contributed by atoms with Crippen molar-refractivity contribution in [1.82, 2.24) is 5.32 Å². The van der Waals surface area contributed by atoms with Gasteiger partial charge in [0, 0.05) is 5.56 Å². The summed E-state index contributed by atoms with van der Waals surface area (Å²) in [6, 6.07) is 32.4. The van der Waals surface area contributed by atoms with Crippen molar-refractivity contribution >= 4 is 21.6 Å². The number of amides is 1. The lowest BCUT2D eigenvalue weighted by atomic mass is 10.1. The molecule has 1 N–H and O–H groups in total. The average molecular weight is 517 g/mol. The molecule has 0 radical (unpaired) electrons. The maximum atomic E-state index is 12.8. The Morgan fingerprint density at radius 3 is 2.03 bits per heavy atom. The molecule has 0 aliphatic rings. The Hall–Kier alpha value is -4.30. The summed E-state index contributed by atoms with van der Waals surface area (Å²) in [6.45, 7) is 0.790. The predicted molar refractivity (Wildman–Crippen MR) is 145 cm³/mol. The number of anilines is 1. The number of nitrogens with one attached hydrogen (secondary N) is 1. The van der Waals surface area contributed by atoms with Gasteiger partial charge in [-0.25, -0.2) is 8.42 Å². The van der Waals surface area contributed by atoms with Crippen molar-refractivity contribution in [3.8, 4) is 17.2 Å². The van der Waals surface area contributed by atoms with Gasteiger partial charge >= 0.3 is 0 Å². The Morgan fingerprint density at radius 2 is 1.38 bits per heavy atom. The quantitative estimate of drug-likeness (QED) is 0.275. The molecule has 4 aromatic rings. The SMILES string of the molecule is CS(=O)(=O)N(Cc1ccc(C(=O)NCCOc2ccccc2)cc1)c1ccccc1Oc1ccccc1. The van der Waals surface area contributed by atoms with E-state index in [2.05, 4.69) is 5.32 Å². The molecule has 8 heteroatoms. The summed E-state index contributed by atoms with van der Waals surface area (Å²) in [5.41, 5.74) is 1.63. The number of hydrogen-bond donors (Lipinski definition) is 1. The van der Waals surface area contributed by atoms with Crippen LogP contribution >= 0.6 is 0 Å². The first-order valence-electron chi connectivity index (χ1n) is 11.7. The minimum absolute atomic E-state index is 0.0841. The van der Waals surface area contributed by atoms with Crippen molar-refractivity contribution in [2.24, 2.45) is 0 Å². The molecule has 0 saturated heterocycles. The Labute approximate surface area is 217 Å². The highest BCUT2D eigenvalue weighted by Crippen LogP contribution is 2.34. The largest absolute Gasteiger partial charge is 0.492 e. The van der Waals surface area contributed by atoms with Gasteiger partial charge in [-0.15, -0.1) is 0 Å². The van der Waals surface area contributed by atoms with Crippen molar-refractivity contribution < 1.29 is 22.7 Å². The van der Waals surface area contributed by atoms with Crippen LogP contribution in [0.25, 0.3) is 0 Å². The van der Waals surface area contributed by atoms with Crippen molar-refractivity contribution in [1.29, 1.82) is 0 Å². The Balaban J connectivity index is 1.42. The number of sulfonamides is 1. The maximum absolute atomic E-state index is 12.8. The summed E-state index contributed by atoms with van der Waals surface area (Å²) in [4.78, 5) is 12.5. The van der Waals surface area contributed by atoms with E-state index in [4.69, 9.17) is 9.47 Å². The molecule has 0 aromatic heterocycles. The number of carbonyl (C=O) groups excluding carboxylic acids is 1. The van der Waals surface area contributed by atoms with Gasteiger partial charge in [0.25, 0.3) is 5.91 Å². The van der Waals surface area contributed by atoms with Crippen LogP contribution in [0.1, 0.15) is 15.9 Å². The fourth-order valence-corrected chi connectivity index (χ4v) is 4.52. The van der Waals surface area contributed by atoms with Crippen molar-refractivity contribution in [2.75, 3.05) is 23.7 Å². The van der Waals surface area contributed by atoms with Gasteiger partial charge in [0.15, 0.2) is 5.75 Å². The molecular formula is C29H28N2O5S. The number of hydrogen-bond acceptors (Lipinski definition) is 5. The molecule has 4 aromatic carbocycles. The van der Waals surface area contributed by atoms with Crippen LogP contribution < -0.4 is 19.1 Å². The Kier molecular flexibility index (Phi) is 8.43. The van der Waals surface area contributed by atoms with Gasteiger partial charge in [0.05, 0.1) is 25.0 Å². The highest BCUT2D eigenvalue weighted by Gasteiger charge is 2.22. The van der Waals surface area contributed by atoms with Crippen molar-refractivity contribution in [3.63, 3.8) is 0 Å². The molecular weight excluding hydrogens is 488 g/mol. The number of ether oxygens (including phenoxy) is 2. The molecule has 0 spiro atoms. The second-order valence-corrected chi connectivity index (χ2v) is 10.2. The second-order valence-electron chi connectivity index (χ2n) is 8.27. The van der Waals surface area contributed by atoms with Crippen LogP contribution in [0.4, 0.5) is 5.69 Å². The number of benzene rings is 4. The van der Waals surface area contributed by atoms with Crippen LogP contribution in [0.2, 0.25) is 0 Å². The lowest BCUT2D eigenvalue weighted by Crippen LogP contribution is -2.30. The van der Waals surface area contributed by atoms with Crippen LogP contribution in [0.3, 0.4) is 0 Å². The number of carbonyl (C=O) groups is 1. The zero-order valence-electron chi connectivity index (χ0n) is 20.4. The van der Waals surface area contributed by atoms with Crippen LogP contribution in [0.5, 0.6) is 17.2 Å². The van der Waals surface area contributed by atoms with E-state index in [-0.39, 0.29) is 12.5 Å². The van der Waals surface area contributed by atoms with Gasteiger partial charge < -0.3 is 14.8 Å². The van der Waals surface area contributed by atoms with Crippen LogP contribution in [0.15, 0.2) is 109 Å². The van der Waals surface area contributed by atoms with E-state index in [1.165, 1.54) is 4.31 Å². The third-order valence-corrected chi connectivity index (χ3v) is 6.57. The average Bonchev–Trinajstić information content (AvgIpc) is 2.91. The first-order chi connectivity index (χ1) is 17.9. The highest BCUT2D eigenvalue weighted by molar-refractivity contribution is 7.92. The first kappa shape index (κ1) is 25.8. The molecule has 1 amide bonds. The zero-order valence-corrected chi connectivity index (χ0v) is 21.2. The van der Waals surface area contributed by atoms with Gasteiger partial charge in [-0.05, 0) is 54.1 Å². The van der Waals surface area contributed by atoms with Crippen molar-refractivity contribution in [2.45, 2.75) is 6.54 Å². The molecule has 7 nitrogen and oxygen atoms in total. The monoisotopic (exact) mass is 516 g/mol. The molecule has 0 aliphatic carbocycles. The standard InChI is InChI=1S/C29H28N2O5S/c1-37(33,34)31(27-14-8-9-15-28(27)36-26-12-6-3-7-13-26)22-23-16-18-24(19-17-23)29(32)30-20-21-35-25-10-4-2-5-11-25/h2-19H,20-22H2,1H3,(H,30,32). The number of para-hydroxylation sites is 4. The normalized spacial score (nSPS) is 10.9.